The first-order chi connectivity index (χ1) is 11.3. The van der Waals surface area contributed by atoms with E-state index >= 15 is 0 Å². The lowest BCUT2D eigenvalue weighted by Gasteiger charge is -2.02. The smallest absolute Gasteiger partial charge is 0.286 e. The molecule has 23 heavy (non-hydrogen) atoms. The molecule has 0 aliphatic rings. The molecule has 120 valence electrons. The van der Waals surface area contributed by atoms with Gasteiger partial charge in [-0.1, -0.05) is 12.1 Å². The molecular formula is C17H18N2O3S. The Morgan fingerprint density at radius 1 is 1.30 bits per heavy atom. The number of hydrogen-bond donors (Lipinski definition) is 1. The molecule has 1 amide bonds. The zero-order chi connectivity index (χ0) is 16.1. The van der Waals surface area contributed by atoms with Gasteiger partial charge in [-0.05, 0) is 30.7 Å². The molecule has 0 fully saturated rings. The summed E-state index contributed by atoms with van der Waals surface area (Å²) in [4.78, 5) is 16.5. The number of hydrogen-bond acceptors (Lipinski definition) is 5. The molecule has 3 rings (SSSR count). The van der Waals surface area contributed by atoms with Crippen LogP contribution in [0.1, 0.15) is 27.7 Å². The summed E-state index contributed by atoms with van der Waals surface area (Å²) in [5.74, 6) is 0.765. The predicted molar refractivity (Wildman–Crippen MR) is 89.7 cm³/mol. The van der Waals surface area contributed by atoms with Crippen molar-refractivity contribution in [1.29, 1.82) is 0 Å². The fourth-order valence-corrected chi connectivity index (χ4v) is 3.28. The number of furan rings is 1. The second-order valence-electron chi connectivity index (χ2n) is 5.13. The number of carbonyl (C=O) groups excluding carboxylic acids is 1. The Hall–Kier alpha value is -2.18. The average molecular weight is 330 g/mol. The average Bonchev–Trinajstić information content (AvgIpc) is 3.18. The minimum atomic E-state index is -0.198. The van der Waals surface area contributed by atoms with E-state index in [0.29, 0.717) is 24.7 Å². The van der Waals surface area contributed by atoms with Crippen LogP contribution < -0.4 is 5.32 Å². The summed E-state index contributed by atoms with van der Waals surface area (Å²) in [6.45, 7) is 0.958. The molecule has 6 heteroatoms. The molecule has 0 radical (unpaired) electrons. The van der Waals surface area contributed by atoms with Crippen LogP contribution in [-0.4, -0.2) is 24.5 Å². The maximum Gasteiger partial charge on any atom is 0.286 e. The number of amides is 1. The summed E-state index contributed by atoms with van der Waals surface area (Å²) in [5.41, 5.74) is 1.04. The first-order valence-electron chi connectivity index (χ1n) is 7.46. The zero-order valence-corrected chi connectivity index (χ0v) is 13.7. The van der Waals surface area contributed by atoms with Gasteiger partial charge in [0.15, 0.2) is 5.76 Å². The van der Waals surface area contributed by atoms with Gasteiger partial charge in [-0.2, -0.15) is 0 Å². The van der Waals surface area contributed by atoms with E-state index in [1.807, 2.05) is 18.2 Å². The lowest BCUT2D eigenvalue weighted by atomic mass is 10.3. The van der Waals surface area contributed by atoms with Gasteiger partial charge < -0.3 is 14.5 Å². The molecule has 0 saturated carbocycles. The third-order valence-electron chi connectivity index (χ3n) is 3.36. The van der Waals surface area contributed by atoms with Crippen molar-refractivity contribution < 1.29 is 13.9 Å². The monoisotopic (exact) mass is 330 g/mol. The molecule has 0 bridgehead atoms. The normalized spacial score (nSPS) is 11.0. The van der Waals surface area contributed by atoms with Crippen LogP contribution >= 0.6 is 11.3 Å². The highest BCUT2D eigenvalue weighted by atomic mass is 32.1. The van der Waals surface area contributed by atoms with Gasteiger partial charge in [0.1, 0.15) is 12.4 Å². The van der Waals surface area contributed by atoms with Gasteiger partial charge in [-0.25, -0.2) is 4.98 Å². The second-order valence-corrected chi connectivity index (χ2v) is 6.25. The second kappa shape index (κ2) is 7.39. The maximum atomic E-state index is 12.0. The third-order valence-corrected chi connectivity index (χ3v) is 4.46. The Labute approximate surface area is 138 Å². The fraction of sp³-hybridized carbons (Fsp3) is 0.294. The topological polar surface area (TPSA) is 64.4 Å². The number of benzene rings is 1. The molecule has 2 heterocycles. The van der Waals surface area contributed by atoms with E-state index < -0.39 is 0 Å². The number of nitrogens with zero attached hydrogens (tertiary/aromatic N) is 1. The first-order valence-corrected chi connectivity index (χ1v) is 8.28. The van der Waals surface area contributed by atoms with Crippen molar-refractivity contribution in [2.45, 2.75) is 19.4 Å². The van der Waals surface area contributed by atoms with Crippen molar-refractivity contribution in [1.82, 2.24) is 10.3 Å². The fourth-order valence-electron chi connectivity index (χ4n) is 2.28. The number of ether oxygens (including phenoxy) is 1. The summed E-state index contributed by atoms with van der Waals surface area (Å²) in [6, 6.07) is 11.5. The van der Waals surface area contributed by atoms with Crippen molar-refractivity contribution >= 4 is 27.5 Å². The molecule has 0 spiro atoms. The van der Waals surface area contributed by atoms with Crippen molar-refractivity contribution in [2.75, 3.05) is 13.7 Å². The molecule has 0 aliphatic carbocycles. The van der Waals surface area contributed by atoms with Crippen LogP contribution in [0.5, 0.6) is 0 Å². The van der Waals surface area contributed by atoms with E-state index in [-0.39, 0.29) is 5.91 Å². The van der Waals surface area contributed by atoms with E-state index in [1.165, 1.54) is 4.70 Å². The molecule has 2 aromatic heterocycles. The van der Waals surface area contributed by atoms with Crippen LogP contribution in [0.4, 0.5) is 0 Å². The van der Waals surface area contributed by atoms with Crippen LogP contribution in [0.25, 0.3) is 10.2 Å². The summed E-state index contributed by atoms with van der Waals surface area (Å²) in [6.07, 6.45) is 1.70. The number of rotatable bonds is 7. The minimum absolute atomic E-state index is 0.198. The van der Waals surface area contributed by atoms with Crippen LogP contribution in [-0.2, 0) is 17.8 Å². The molecule has 0 unspecified atom stereocenters. The Morgan fingerprint density at radius 3 is 3.00 bits per heavy atom. The van der Waals surface area contributed by atoms with Crippen LogP contribution in [0.15, 0.2) is 40.8 Å². The van der Waals surface area contributed by atoms with Crippen molar-refractivity contribution in [2.24, 2.45) is 0 Å². The standard InChI is InChI=1S/C17H18N2O3S/c1-21-11-12-8-9-14(22-12)17(20)18-10-4-7-16-19-13-5-2-3-6-15(13)23-16/h2-3,5-6,8-9H,4,7,10-11H2,1H3,(H,18,20). The minimum Gasteiger partial charge on any atom is -0.453 e. The van der Waals surface area contributed by atoms with Gasteiger partial charge in [-0.3, -0.25) is 4.79 Å². The molecule has 0 saturated heterocycles. The van der Waals surface area contributed by atoms with Gasteiger partial charge in [0.2, 0.25) is 0 Å². The van der Waals surface area contributed by atoms with Gasteiger partial charge in [0.05, 0.1) is 15.2 Å². The van der Waals surface area contributed by atoms with E-state index in [0.717, 1.165) is 23.4 Å². The Bertz CT molecular complexity index is 761. The highest BCUT2D eigenvalue weighted by Gasteiger charge is 2.10. The number of aryl methyl sites for hydroxylation is 1. The number of nitrogens with one attached hydrogen (secondary N) is 1. The van der Waals surface area contributed by atoms with Gasteiger partial charge >= 0.3 is 0 Å². The highest BCUT2D eigenvalue weighted by Crippen LogP contribution is 2.22. The van der Waals surface area contributed by atoms with E-state index in [1.54, 1.807) is 30.6 Å². The Balaban J connectivity index is 1.46. The van der Waals surface area contributed by atoms with E-state index in [4.69, 9.17) is 9.15 Å². The summed E-state index contributed by atoms with van der Waals surface area (Å²) >= 11 is 1.71. The molecule has 0 aliphatic heterocycles. The van der Waals surface area contributed by atoms with Gasteiger partial charge in [0, 0.05) is 20.1 Å². The number of methoxy groups -OCH3 is 1. The molecule has 1 N–H and O–H groups in total. The van der Waals surface area contributed by atoms with Crippen LogP contribution in [0.2, 0.25) is 0 Å². The summed E-state index contributed by atoms with van der Waals surface area (Å²) < 4.78 is 11.6. The summed E-state index contributed by atoms with van der Waals surface area (Å²) in [5, 5.41) is 3.96. The van der Waals surface area contributed by atoms with E-state index in [9.17, 15) is 4.79 Å². The number of thiazole rings is 1. The van der Waals surface area contributed by atoms with Crippen molar-refractivity contribution in [3.63, 3.8) is 0 Å². The molecule has 0 atom stereocenters. The van der Waals surface area contributed by atoms with E-state index in [2.05, 4.69) is 16.4 Å². The highest BCUT2D eigenvalue weighted by molar-refractivity contribution is 7.18. The van der Waals surface area contributed by atoms with Crippen molar-refractivity contribution in [3.8, 4) is 0 Å². The van der Waals surface area contributed by atoms with Crippen LogP contribution in [0, 0.1) is 0 Å². The largest absolute Gasteiger partial charge is 0.453 e. The molecule has 1 aromatic carbocycles. The number of carbonyl (C=O) groups is 1. The number of para-hydroxylation sites is 1. The van der Waals surface area contributed by atoms with Gasteiger partial charge in [-0.15, -0.1) is 11.3 Å². The summed E-state index contributed by atoms with van der Waals surface area (Å²) in [7, 11) is 1.59. The zero-order valence-electron chi connectivity index (χ0n) is 12.9. The third kappa shape index (κ3) is 3.97. The number of fused-ring (bicyclic) bond motifs is 1. The Morgan fingerprint density at radius 2 is 2.17 bits per heavy atom. The predicted octanol–water partition coefficient (Wildman–Crippen LogP) is 3.40. The van der Waals surface area contributed by atoms with Crippen LogP contribution in [0.3, 0.4) is 0 Å². The van der Waals surface area contributed by atoms with Gasteiger partial charge in [0.25, 0.3) is 5.91 Å². The SMILES string of the molecule is COCc1ccc(C(=O)NCCCc2nc3ccccc3s2)o1. The lowest BCUT2D eigenvalue weighted by Crippen LogP contribution is -2.24. The quantitative estimate of drug-likeness (QED) is 0.674. The van der Waals surface area contributed by atoms with Crippen molar-refractivity contribution in [3.05, 3.63) is 52.9 Å². The lowest BCUT2D eigenvalue weighted by molar-refractivity contribution is 0.0917. The first kappa shape index (κ1) is 15.7. The Kier molecular flexibility index (Phi) is 5.05. The molecule has 3 aromatic rings. The molecule has 5 nitrogen and oxygen atoms in total. The molecular weight excluding hydrogens is 312 g/mol. The number of aromatic nitrogens is 1. The maximum absolute atomic E-state index is 12.0.